The second-order valence-corrected chi connectivity index (χ2v) is 6.80. The molecule has 132 valence electrons. The van der Waals surface area contributed by atoms with Crippen molar-refractivity contribution >= 4 is 11.6 Å². The molecule has 4 heteroatoms. The van der Waals surface area contributed by atoms with E-state index in [-0.39, 0.29) is 17.8 Å². The van der Waals surface area contributed by atoms with Gasteiger partial charge < -0.3 is 10.0 Å². The second-order valence-electron chi connectivity index (χ2n) is 6.80. The third-order valence-electron chi connectivity index (χ3n) is 5.14. The van der Waals surface area contributed by atoms with E-state index < -0.39 is 6.10 Å². The van der Waals surface area contributed by atoms with Crippen molar-refractivity contribution in [3.05, 3.63) is 66.0 Å². The first-order valence-corrected chi connectivity index (χ1v) is 8.87. The maximum atomic E-state index is 12.9. The van der Waals surface area contributed by atoms with Crippen molar-refractivity contribution in [2.75, 3.05) is 4.90 Å². The zero-order valence-electron chi connectivity index (χ0n) is 14.4. The Balaban J connectivity index is 1.53. The monoisotopic (exact) mass is 341 g/mol. The molecule has 3 unspecified atom stereocenters. The molecule has 3 atom stereocenters. The predicted molar refractivity (Wildman–Crippen MR) is 96.7 cm³/mol. The minimum Gasteiger partial charge on any atom is -0.388 e. The molecule has 1 amide bonds. The van der Waals surface area contributed by atoms with Crippen LogP contribution in [0.15, 0.2) is 54.6 Å². The van der Waals surface area contributed by atoms with Crippen molar-refractivity contribution in [1.82, 2.24) is 0 Å². The first kappa shape index (κ1) is 17.6. The highest BCUT2D eigenvalue weighted by Crippen LogP contribution is 2.34. The number of para-hydroxylation sites is 1. The Morgan fingerprint density at radius 3 is 2.52 bits per heavy atom. The summed E-state index contributed by atoms with van der Waals surface area (Å²) in [6.45, 7) is 2.10. The predicted octanol–water partition coefficient (Wildman–Crippen LogP) is 4.47. The molecule has 0 saturated carbocycles. The summed E-state index contributed by atoms with van der Waals surface area (Å²) in [5.74, 6) is 0.172. The van der Waals surface area contributed by atoms with Gasteiger partial charge in [0.05, 0.1) is 6.10 Å². The van der Waals surface area contributed by atoms with Crippen molar-refractivity contribution in [2.45, 2.75) is 44.8 Å². The lowest BCUT2D eigenvalue weighted by molar-refractivity contribution is -0.117. The number of carbonyl (C=O) groups excluding carboxylic acids is 1. The third-order valence-corrected chi connectivity index (χ3v) is 5.14. The van der Waals surface area contributed by atoms with Gasteiger partial charge in [0.1, 0.15) is 5.82 Å². The van der Waals surface area contributed by atoms with Crippen LogP contribution in [0.5, 0.6) is 0 Å². The van der Waals surface area contributed by atoms with E-state index in [9.17, 15) is 14.3 Å². The highest BCUT2D eigenvalue weighted by molar-refractivity contribution is 5.96. The van der Waals surface area contributed by atoms with Gasteiger partial charge in [-0.05, 0) is 55.5 Å². The van der Waals surface area contributed by atoms with E-state index in [1.54, 1.807) is 12.1 Å². The summed E-state index contributed by atoms with van der Waals surface area (Å²) in [6.07, 6.45) is 2.33. The van der Waals surface area contributed by atoms with Crippen LogP contribution >= 0.6 is 0 Å². The summed E-state index contributed by atoms with van der Waals surface area (Å²) in [5.41, 5.74) is 1.69. The molecule has 0 aromatic heterocycles. The molecule has 1 N–H and O–H groups in total. The second kappa shape index (κ2) is 7.79. The van der Waals surface area contributed by atoms with Gasteiger partial charge >= 0.3 is 0 Å². The van der Waals surface area contributed by atoms with Crippen molar-refractivity contribution < 1.29 is 14.3 Å². The number of aliphatic hydroxyl groups is 1. The Morgan fingerprint density at radius 1 is 1.16 bits per heavy atom. The number of aliphatic hydroxyl groups excluding tert-OH is 1. The van der Waals surface area contributed by atoms with Crippen molar-refractivity contribution in [3.8, 4) is 0 Å². The minimum absolute atomic E-state index is 0.165. The molecule has 2 aromatic carbocycles. The number of anilines is 1. The minimum atomic E-state index is -0.585. The molecule has 0 bridgehead atoms. The van der Waals surface area contributed by atoms with Crippen LogP contribution in [-0.4, -0.2) is 17.1 Å². The van der Waals surface area contributed by atoms with Crippen molar-refractivity contribution in [1.29, 1.82) is 0 Å². The number of amides is 1. The Kier molecular flexibility index (Phi) is 5.49. The topological polar surface area (TPSA) is 40.5 Å². The third kappa shape index (κ3) is 4.07. The van der Waals surface area contributed by atoms with Gasteiger partial charge in [-0.2, -0.15) is 0 Å². The van der Waals surface area contributed by atoms with E-state index in [1.165, 1.54) is 12.1 Å². The zero-order chi connectivity index (χ0) is 17.8. The fourth-order valence-corrected chi connectivity index (χ4v) is 3.67. The molecule has 25 heavy (non-hydrogen) atoms. The number of hydrogen-bond donors (Lipinski definition) is 1. The summed E-state index contributed by atoms with van der Waals surface area (Å²) in [7, 11) is 0. The largest absolute Gasteiger partial charge is 0.388 e. The molecule has 2 aromatic rings. The maximum absolute atomic E-state index is 12.9. The van der Waals surface area contributed by atoms with E-state index in [4.69, 9.17) is 0 Å². The summed E-state index contributed by atoms with van der Waals surface area (Å²) < 4.78 is 12.9. The molecule has 1 heterocycles. The van der Waals surface area contributed by atoms with Crippen LogP contribution in [0.3, 0.4) is 0 Å². The van der Waals surface area contributed by atoms with Crippen LogP contribution < -0.4 is 4.90 Å². The lowest BCUT2D eigenvalue weighted by Crippen LogP contribution is -2.32. The Bertz CT molecular complexity index is 702. The van der Waals surface area contributed by atoms with Gasteiger partial charge in [0, 0.05) is 18.2 Å². The fourth-order valence-electron chi connectivity index (χ4n) is 3.67. The molecule has 3 nitrogen and oxygen atoms in total. The van der Waals surface area contributed by atoms with Crippen LogP contribution in [0.1, 0.15) is 44.3 Å². The number of rotatable bonds is 6. The van der Waals surface area contributed by atoms with E-state index in [0.29, 0.717) is 18.8 Å². The Morgan fingerprint density at radius 2 is 1.84 bits per heavy atom. The number of carbonyl (C=O) groups is 1. The SMILES string of the molecule is CC1C(CCCC(O)c2ccc(F)cc2)CC(=O)N1c1ccccc1. The lowest BCUT2D eigenvalue weighted by atomic mass is 9.93. The molecular formula is C21H24FNO2. The number of halogens is 1. The van der Waals surface area contributed by atoms with Crippen molar-refractivity contribution in [3.63, 3.8) is 0 Å². The molecule has 0 radical (unpaired) electrons. The smallest absolute Gasteiger partial charge is 0.227 e. The number of hydrogen-bond acceptors (Lipinski definition) is 2. The van der Waals surface area contributed by atoms with Gasteiger partial charge in [-0.15, -0.1) is 0 Å². The first-order valence-electron chi connectivity index (χ1n) is 8.87. The molecular weight excluding hydrogens is 317 g/mol. The van der Waals surface area contributed by atoms with Gasteiger partial charge in [0.25, 0.3) is 0 Å². The Labute approximate surface area is 148 Å². The van der Waals surface area contributed by atoms with Gasteiger partial charge in [-0.1, -0.05) is 36.8 Å². The highest BCUT2D eigenvalue weighted by Gasteiger charge is 2.37. The van der Waals surface area contributed by atoms with Crippen LogP contribution in [0, 0.1) is 11.7 Å². The molecule has 3 rings (SSSR count). The van der Waals surface area contributed by atoms with Gasteiger partial charge in [-0.25, -0.2) is 4.39 Å². The van der Waals surface area contributed by atoms with E-state index in [0.717, 1.165) is 24.1 Å². The Hall–Kier alpha value is -2.20. The summed E-state index contributed by atoms with van der Waals surface area (Å²) >= 11 is 0. The zero-order valence-corrected chi connectivity index (χ0v) is 14.4. The average molecular weight is 341 g/mol. The van der Waals surface area contributed by atoms with Crippen LogP contribution in [-0.2, 0) is 4.79 Å². The molecule has 1 aliphatic heterocycles. The molecule has 0 aliphatic carbocycles. The highest BCUT2D eigenvalue weighted by atomic mass is 19.1. The van der Waals surface area contributed by atoms with Gasteiger partial charge in [0.15, 0.2) is 0 Å². The fraction of sp³-hybridized carbons (Fsp3) is 0.381. The number of benzene rings is 2. The van der Waals surface area contributed by atoms with Crippen molar-refractivity contribution in [2.24, 2.45) is 5.92 Å². The normalized spacial score (nSPS) is 21.6. The van der Waals surface area contributed by atoms with Gasteiger partial charge in [-0.3, -0.25) is 4.79 Å². The molecule has 1 aliphatic rings. The van der Waals surface area contributed by atoms with Crippen LogP contribution in [0.4, 0.5) is 10.1 Å². The van der Waals surface area contributed by atoms with Crippen LogP contribution in [0.2, 0.25) is 0 Å². The van der Waals surface area contributed by atoms with Crippen LogP contribution in [0.25, 0.3) is 0 Å². The lowest BCUT2D eigenvalue weighted by Gasteiger charge is -2.25. The maximum Gasteiger partial charge on any atom is 0.227 e. The van der Waals surface area contributed by atoms with E-state index >= 15 is 0 Å². The first-order chi connectivity index (χ1) is 12.1. The standard InChI is InChI=1S/C21H24FNO2/c1-15-17(14-21(25)23(15)19-7-3-2-4-8-19)6-5-9-20(24)16-10-12-18(22)13-11-16/h2-4,7-8,10-13,15,17,20,24H,5-6,9,14H2,1H3. The van der Waals surface area contributed by atoms with E-state index in [2.05, 4.69) is 6.92 Å². The summed E-state index contributed by atoms with van der Waals surface area (Å²) in [4.78, 5) is 14.3. The quantitative estimate of drug-likeness (QED) is 0.842. The van der Waals surface area contributed by atoms with Gasteiger partial charge in [0.2, 0.25) is 5.91 Å². The average Bonchev–Trinajstić information content (AvgIpc) is 2.90. The molecule has 1 saturated heterocycles. The van der Waals surface area contributed by atoms with E-state index in [1.807, 2.05) is 35.2 Å². The molecule has 1 fully saturated rings. The molecule has 0 spiro atoms. The number of nitrogens with zero attached hydrogens (tertiary/aromatic N) is 1. The summed E-state index contributed by atoms with van der Waals surface area (Å²) in [6, 6.07) is 15.9. The summed E-state index contributed by atoms with van der Waals surface area (Å²) in [5, 5.41) is 10.2.